The van der Waals surface area contributed by atoms with Gasteiger partial charge in [0, 0.05) is 13.6 Å². The SMILES string of the molecule is CCNC(=O)CN(C)c1nc(C(N)=O)ccc1N. The van der Waals surface area contributed by atoms with E-state index in [1.165, 1.54) is 12.1 Å². The van der Waals surface area contributed by atoms with Crippen molar-refractivity contribution < 1.29 is 9.59 Å². The van der Waals surface area contributed by atoms with Crippen molar-refractivity contribution in [3.05, 3.63) is 17.8 Å². The molecule has 0 aromatic carbocycles. The predicted octanol–water partition coefficient (Wildman–Crippen LogP) is -0.665. The molecule has 98 valence electrons. The first-order valence-electron chi connectivity index (χ1n) is 5.49. The highest BCUT2D eigenvalue weighted by Gasteiger charge is 2.13. The number of anilines is 2. The Balaban J connectivity index is 2.90. The number of primary amides is 1. The molecule has 1 aromatic heterocycles. The number of nitrogens with one attached hydrogen (secondary N) is 1. The topological polar surface area (TPSA) is 114 Å². The minimum Gasteiger partial charge on any atom is -0.396 e. The molecule has 2 amide bonds. The first-order chi connectivity index (χ1) is 8.45. The summed E-state index contributed by atoms with van der Waals surface area (Å²) in [5.74, 6) is -0.425. The molecule has 1 rings (SSSR count). The molecule has 0 saturated carbocycles. The third-order valence-corrected chi connectivity index (χ3v) is 2.27. The van der Waals surface area contributed by atoms with Crippen molar-refractivity contribution in [2.24, 2.45) is 5.73 Å². The van der Waals surface area contributed by atoms with E-state index in [9.17, 15) is 9.59 Å². The molecular weight excluding hydrogens is 234 g/mol. The number of rotatable bonds is 5. The second kappa shape index (κ2) is 5.85. The van der Waals surface area contributed by atoms with Crippen molar-refractivity contribution in [1.29, 1.82) is 0 Å². The summed E-state index contributed by atoms with van der Waals surface area (Å²) >= 11 is 0. The number of likely N-dealkylation sites (N-methyl/N-ethyl adjacent to an activating group) is 2. The van der Waals surface area contributed by atoms with Crippen LogP contribution in [-0.2, 0) is 4.79 Å². The standard InChI is InChI=1S/C11H17N5O2/c1-3-14-9(17)6-16(2)11-7(12)4-5-8(15-11)10(13)18/h4-5H,3,6,12H2,1-2H3,(H2,13,18)(H,14,17). The maximum Gasteiger partial charge on any atom is 0.267 e. The van der Waals surface area contributed by atoms with Crippen molar-refractivity contribution in [2.75, 3.05) is 30.8 Å². The van der Waals surface area contributed by atoms with E-state index in [4.69, 9.17) is 11.5 Å². The van der Waals surface area contributed by atoms with Gasteiger partial charge in [-0.1, -0.05) is 0 Å². The zero-order chi connectivity index (χ0) is 13.7. The number of amides is 2. The van der Waals surface area contributed by atoms with E-state index >= 15 is 0 Å². The van der Waals surface area contributed by atoms with E-state index in [2.05, 4.69) is 10.3 Å². The lowest BCUT2D eigenvalue weighted by atomic mass is 10.3. The Morgan fingerprint density at radius 2 is 2.11 bits per heavy atom. The van der Waals surface area contributed by atoms with Gasteiger partial charge < -0.3 is 21.7 Å². The van der Waals surface area contributed by atoms with Crippen molar-refractivity contribution in [3.63, 3.8) is 0 Å². The molecule has 7 heteroatoms. The Morgan fingerprint density at radius 3 is 2.67 bits per heavy atom. The van der Waals surface area contributed by atoms with Gasteiger partial charge >= 0.3 is 0 Å². The zero-order valence-corrected chi connectivity index (χ0v) is 10.4. The third kappa shape index (κ3) is 3.34. The number of pyridine rings is 1. The van der Waals surface area contributed by atoms with Crippen molar-refractivity contribution in [1.82, 2.24) is 10.3 Å². The summed E-state index contributed by atoms with van der Waals surface area (Å²) in [7, 11) is 1.67. The quantitative estimate of drug-likeness (QED) is 0.642. The van der Waals surface area contributed by atoms with Gasteiger partial charge in [-0.05, 0) is 19.1 Å². The fraction of sp³-hybridized carbons (Fsp3) is 0.364. The fourth-order valence-corrected chi connectivity index (χ4v) is 1.45. The van der Waals surface area contributed by atoms with E-state index in [1.807, 2.05) is 6.92 Å². The minimum atomic E-state index is -0.636. The largest absolute Gasteiger partial charge is 0.396 e. The molecule has 1 heterocycles. The second-order valence-corrected chi connectivity index (χ2v) is 3.78. The van der Waals surface area contributed by atoms with E-state index < -0.39 is 5.91 Å². The Morgan fingerprint density at radius 1 is 1.44 bits per heavy atom. The van der Waals surface area contributed by atoms with E-state index in [0.29, 0.717) is 18.1 Å². The Bertz CT molecular complexity index is 461. The Kier molecular flexibility index (Phi) is 4.47. The summed E-state index contributed by atoms with van der Waals surface area (Å²) in [4.78, 5) is 28.1. The van der Waals surface area contributed by atoms with Crippen LogP contribution in [0.3, 0.4) is 0 Å². The van der Waals surface area contributed by atoms with Gasteiger partial charge in [-0.2, -0.15) is 0 Å². The van der Waals surface area contributed by atoms with Gasteiger partial charge in [-0.3, -0.25) is 9.59 Å². The van der Waals surface area contributed by atoms with Crippen LogP contribution in [0.2, 0.25) is 0 Å². The molecule has 5 N–H and O–H groups in total. The Labute approximate surface area is 105 Å². The molecular formula is C11H17N5O2. The van der Waals surface area contributed by atoms with Gasteiger partial charge in [0.1, 0.15) is 5.69 Å². The van der Waals surface area contributed by atoms with Crippen LogP contribution < -0.4 is 21.7 Å². The summed E-state index contributed by atoms with van der Waals surface area (Å²) in [6, 6.07) is 2.98. The van der Waals surface area contributed by atoms with Crippen molar-refractivity contribution in [3.8, 4) is 0 Å². The molecule has 0 spiro atoms. The summed E-state index contributed by atoms with van der Waals surface area (Å²) < 4.78 is 0. The molecule has 0 fully saturated rings. The smallest absolute Gasteiger partial charge is 0.267 e. The number of aromatic nitrogens is 1. The molecule has 0 radical (unpaired) electrons. The number of hydrogen-bond acceptors (Lipinski definition) is 5. The number of carbonyl (C=O) groups is 2. The first-order valence-corrected chi connectivity index (χ1v) is 5.49. The molecule has 0 aliphatic rings. The summed E-state index contributed by atoms with van der Waals surface area (Å²) in [6.07, 6.45) is 0. The molecule has 7 nitrogen and oxygen atoms in total. The van der Waals surface area contributed by atoms with Crippen LogP contribution >= 0.6 is 0 Å². The number of nitrogens with zero attached hydrogens (tertiary/aromatic N) is 2. The molecule has 0 aliphatic carbocycles. The molecule has 0 bridgehead atoms. The summed E-state index contributed by atoms with van der Waals surface area (Å²) in [6.45, 7) is 2.49. The predicted molar refractivity (Wildman–Crippen MR) is 69.1 cm³/mol. The number of hydrogen-bond donors (Lipinski definition) is 3. The third-order valence-electron chi connectivity index (χ3n) is 2.27. The van der Waals surface area contributed by atoms with Crippen molar-refractivity contribution in [2.45, 2.75) is 6.92 Å². The van der Waals surface area contributed by atoms with Gasteiger partial charge in [0.2, 0.25) is 5.91 Å². The maximum atomic E-state index is 11.4. The van der Waals surface area contributed by atoms with E-state index in [-0.39, 0.29) is 18.1 Å². The second-order valence-electron chi connectivity index (χ2n) is 3.78. The molecule has 0 atom stereocenters. The fourth-order valence-electron chi connectivity index (χ4n) is 1.45. The average molecular weight is 251 g/mol. The lowest BCUT2D eigenvalue weighted by Gasteiger charge is -2.19. The van der Waals surface area contributed by atoms with Crippen LogP contribution in [-0.4, -0.2) is 36.9 Å². The number of nitrogen functional groups attached to an aromatic ring is 1. The van der Waals surface area contributed by atoms with Gasteiger partial charge in [-0.25, -0.2) is 4.98 Å². The first kappa shape index (κ1) is 13.8. The Hall–Kier alpha value is -2.31. The van der Waals surface area contributed by atoms with Crippen LogP contribution in [0.25, 0.3) is 0 Å². The molecule has 18 heavy (non-hydrogen) atoms. The molecule has 1 aromatic rings. The number of carbonyl (C=O) groups excluding carboxylic acids is 2. The summed E-state index contributed by atoms with van der Waals surface area (Å²) in [5, 5.41) is 2.66. The zero-order valence-electron chi connectivity index (χ0n) is 10.4. The lowest BCUT2D eigenvalue weighted by molar-refractivity contribution is -0.119. The molecule has 0 saturated heterocycles. The summed E-state index contributed by atoms with van der Waals surface area (Å²) in [5.41, 5.74) is 11.4. The maximum absolute atomic E-state index is 11.4. The molecule has 0 aliphatic heterocycles. The highest BCUT2D eigenvalue weighted by molar-refractivity contribution is 5.92. The van der Waals surface area contributed by atoms with Crippen LogP contribution in [0, 0.1) is 0 Å². The van der Waals surface area contributed by atoms with Gasteiger partial charge in [0.15, 0.2) is 5.82 Å². The monoisotopic (exact) mass is 251 g/mol. The van der Waals surface area contributed by atoms with Crippen molar-refractivity contribution >= 4 is 23.3 Å². The van der Waals surface area contributed by atoms with Gasteiger partial charge in [0.25, 0.3) is 5.91 Å². The average Bonchev–Trinajstić information content (AvgIpc) is 2.29. The van der Waals surface area contributed by atoms with E-state index in [0.717, 1.165) is 0 Å². The minimum absolute atomic E-state index is 0.104. The van der Waals surface area contributed by atoms with E-state index in [1.54, 1.807) is 11.9 Å². The van der Waals surface area contributed by atoms with Crippen LogP contribution in [0.4, 0.5) is 11.5 Å². The highest BCUT2D eigenvalue weighted by atomic mass is 16.2. The van der Waals surface area contributed by atoms with Crippen LogP contribution in [0.5, 0.6) is 0 Å². The molecule has 0 unspecified atom stereocenters. The highest BCUT2D eigenvalue weighted by Crippen LogP contribution is 2.19. The van der Waals surface area contributed by atoms with Crippen LogP contribution in [0.1, 0.15) is 17.4 Å². The number of nitrogens with two attached hydrogens (primary N) is 2. The van der Waals surface area contributed by atoms with Gasteiger partial charge in [-0.15, -0.1) is 0 Å². The normalized spacial score (nSPS) is 9.89. The van der Waals surface area contributed by atoms with Gasteiger partial charge in [0.05, 0.1) is 12.2 Å². The lowest BCUT2D eigenvalue weighted by Crippen LogP contribution is -2.35. The van der Waals surface area contributed by atoms with Crippen LogP contribution in [0.15, 0.2) is 12.1 Å².